The van der Waals surface area contributed by atoms with E-state index >= 15 is 0 Å². The average Bonchev–Trinajstić information content (AvgIpc) is 2.25. The molecule has 0 bridgehead atoms. The lowest BCUT2D eigenvalue weighted by molar-refractivity contribution is -0.856. The Morgan fingerprint density at radius 1 is 1.32 bits per heavy atom. The first-order valence-corrected chi connectivity index (χ1v) is 7.07. The average molecular weight is 271 g/mol. The number of hydrogen-bond donors (Lipinski definition) is 2. The molecule has 0 unspecified atom stereocenters. The van der Waals surface area contributed by atoms with E-state index < -0.39 is 0 Å². The van der Waals surface area contributed by atoms with Gasteiger partial charge in [-0.2, -0.15) is 0 Å². The molecule has 19 heavy (non-hydrogen) atoms. The van der Waals surface area contributed by atoms with Crippen LogP contribution in [-0.4, -0.2) is 45.3 Å². The quantitative estimate of drug-likeness (QED) is 0.577. The molecule has 1 amide bonds. The van der Waals surface area contributed by atoms with Crippen molar-refractivity contribution in [3.8, 4) is 0 Å². The van der Waals surface area contributed by atoms with Crippen molar-refractivity contribution in [3.05, 3.63) is 12.2 Å². The molecule has 0 atom stereocenters. The maximum absolute atomic E-state index is 11.7. The number of hydrogen-bond acceptors (Lipinski definition) is 2. The Kier molecular flexibility index (Phi) is 8.68. The smallest absolute Gasteiger partial charge is 0.220 e. The van der Waals surface area contributed by atoms with E-state index in [9.17, 15) is 4.79 Å². The maximum Gasteiger partial charge on any atom is 0.220 e. The summed E-state index contributed by atoms with van der Waals surface area (Å²) in [6.45, 7) is 12.3. The molecule has 0 aliphatic rings. The predicted molar refractivity (Wildman–Crippen MR) is 79.4 cm³/mol. The van der Waals surface area contributed by atoms with Crippen molar-refractivity contribution in [3.63, 3.8) is 0 Å². The van der Waals surface area contributed by atoms with Gasteiger partial charge >= 0.3 is 0 Å². The van der Waals surface area contributed by atoms with E-state index in [1.165, 1.54) is 4.90 Å². The summed E-state index contributed by atoms with van der Waals surface area (Å²) < 4.78 is 5.79. The summed E-state index contributed by atoms with van der Waals surface area (Å²) in [6, 6.07) is 0. The Balaban J connectivity index is 3.76. The number of likely N-dealkylation sites (N-methyl/N-ethyl adjacent to an activating group) is 1. The minimum absolute atomic E-state index is 0.109. The van der Waals surface area contributed by atoms with Crippen molar-refractivity contribution in [2.75, 3.05) is 33.8 Å². The first-order chi connectivity index (χ1) is 8.73. The second-order valence-corrected chi connectivity index (χ2v) is 6.12. The minimum Gasteiger partial charge on any atom is -0.375 e. The van der Waals surface area contributed by atoms with Crippen LogP contribution in [0.1, 0.15) is 40.0 Å². The second-order valence-electron chi connectivity index (χ2n) is 6.12. The molecular formula is C15H31N2O2+. The number of carbonyl (C=O) groups is 1. The monoisotopic (exact) mass is 271 g/mol. The van der Waals surface area contributed by atoms with Crippen molar-refractivity contribution < 1.29 is 14.4 Å². The Morgan fingerprint density at radius 2 is 1.95 bits per heavy atom. The fraction of sp³-hybridized carbons (Fsp3) is 0.800. The summed E-state index contributed by atoms with van der Waals surface area (Å²) in [6.07, 6.45) is 2.13. The van der Waals surface area contributed by atoms with E-state index in [0.29, 0.717) is 13.0 Å². The fourth-order valence-corrected chi connectivity index (χ4v) is 1.53. The van der Waals surface area contributed by atoms with Crippen LogP contribution in [0.4, 0.5) is 0 Å². The molecule has 0 spiro atoms. The van der Waals surface area contributed by atoms with Crippen molar-refractivity contribution in [2.24, 2.45) is 0 Å². The third-order valence-electron chi connectivity index (χ3n) is 2.92. The Bertz CT molecular complexity index is 286. The molecule has 0 fully saturated rings. The zero-order valence-electron chi connectivity index (χ0n) is 13.3. The molecule has 4 heteroatoms. The van der Waals surface area contributed by atoms with Crippen LogP contribution in [0.2, 0.25) is 0 Å². The van der Waals surface area contributed by atoms with Crippen molar-refractivity contribution in [1.82, 2.24) is 5.32 Å². The van der Waals surface area contributed by atoms with Gasteiger partial charge in [0.1, 0.15) is 0 Å². The van der Waals surface area contributed by atoms with E-state index in [2.05, 4.69) is 26.0 Å². The highest BCUT2D eigenvalue weighted by atomic mass is 16.5. The first-order valence-electron chi connectivity index (χ1n) is 7.07. The SMILES string of the molecule is C=C(C)CCOC(C)(C)CCC(=O)NCC[NH+](C)C. The second kappa shape index (κ2) is 9.10. The summed E-state index contributed by atoms with van der Waals surface area (Å²) in [5.74, 6) is 0.109. The molecule has 0 aromatic heterocycles. The van der Waals surface area contributed by atoms with Gasteiger partial charge in [-0.3, -0.25) is 4.79 Å². The molecule has 0 radical (unpaired) electrons. The van der Waals surface area contributed by atoms with Gasteiger partial charge in [0.25, 0.3) is 0 Å². The van der Waals surface area contributed by atoms with Crippen molar-refractivity contribution in [1.29, 1.82) is 0 Å². The Morgan fingerprint density at radius 3 is 2.47 bits per heavy atom. The highest BCUT2D eigenvalue weighted by Crippen LogP contribution is 2.17. The molecule has 0 aromatic rings. The molecule has 4 nitrogen and oxygen atoms in total. The zero-order chi connectivity index (χ0) is 14.9. The summed E-state index contributed by atoms with van der Waals surface area (Å²) in [5, 5.41) is 2.93. The zero-order valence-corrected chi connectivity index (χ0v) is 13.3. The van der Waals surface area contributed by atoms with Gasteiger partial charge in [-0.05, 0) is 33.6 Å². The lowest BCUT2D eigenvalue weighted by Gasteiger charge is -2.25. The molecule has 0 saturated carbocycles. The highest BCUT2D eigenvalue weighted by molar-refractivity contribution is 5.75. The Hall–Kier alpha value is -0.870. The lowest BCUT2D eigenvalue weighted by Crippen LogP contribution is -3.06. The molecule has 0 rings (SSSR count). The lowest BCUT2D eigenvalue weighted by atomic mass is 10.0. The van der Waals surface area contributed by atoms with Crippen LogP contribution >= 0.6 is 0 Å². The molecule has 0 aromatic carbocycles. The van der Waals surface area contributed by atoms with Crippen LogP contribution in [0.3, 0.4) is 0 Å². The van der Waals surface area contributed by atoms with Crippen LogP contribution < -0.4 is 10.2 Å². The largest absolute Gasteiger partial charge is 0.375 e. The van der Waals surface area contributed by atoms with Crippen LogP contribution in [0.15, 0.2) is 12.2 Å². The number of ether oxygens (including phenoxy) is 1. The van der Waals surface area contributed by atoms with Gasteiger partial charge in [0.15, 0.2) is 0 Å². The van der Waals surface area contributed by atoms with Gasteiger partial charge in [-0.1, -0.05) is 5.57 Å². The van der Waals surface area contributed by atoms with Gasteiger partial charge < -0.3 is 15.0 Å². The van der Waals surface area contributed by atoms with Gasteiger partial charge in [0, 0.05) is 6.42 Å². The number of carbonyl (C=O) groups excluding carboxylic acids is 1. The molecule has 112 valence electrons. The van der Waals surface area contributed by atoms with E-state index in [0.717, 1.165) is 31.5 Å². The topological polar surface area (TPSA) is 42.8 Å². The highest BCUT2D eigenvalue weighted by Gasteiger charge is 2.19. The van der Waals surface area contributed by atoms with Gasteiger partial charge in [-0.25, -0.2) is 0 Å². The van der Waals surface area contributed by atoms with E-state index in [1.54, 1.807) is 0 Å². The normalized spacial score (nSPS) is 11.7. The third kappa shape index (κ3) is 11.9. The Labute approximate surface area is 118 Å². The molecule has 0 aliphatic carbocycles. The predicted octanol–water partition coefficient (Wildman–Crippen LogP) is 0.789. The summed E-state index contributed by atoms with van der Waals surface area (Å²) in [4.78, 5) is 13.0. The number of nitrogens with one attached hydrogen (secondary N) is 2. The molecule has 0 saturated heterocycles. The molecule has 0 aliphatic heterocycles. The molecule has 0 heterocycles. The van der Waals surface area contributed by atoms with Gasteiger partial charge in [0.05, 0.1) is 39.4 Å². The van der Waals surface area contributed by atoms with E-state index in [4.69, 9.17) is 4.74 Å². The van der Waals surface area contributed by atoms with Crippen LogP contribution in [0, 0.1) is 0 Å². The standard InChI is InChI=1S/C15H30N2O2/c1-13(2)8-12-19-15(3,4)9-7-14(18)16-10-11-17(5)6/h1,7-12H2,2-6H3,(H,16,18)/p+1. The third-order valence-corrected chi connectivity index (χ3v) is 2.92. The van der Waals surface area contributed by atoms with E-state index in [1.807, 2.05) is 20.8 Å². The van der Waals surface area contributed by atoms with Crippen LogP contribution in [0.5, 0.6) is 0 Å². The summed E-state index contributed by atoms with van der Waals surface area (Å²) in [5.41, 5.74) is 0.874. The fourth-order valence-electron chi connectivity index (χ4n) is 1.53. The number of quaternary nitrogens is 1. The number of amides is 1. The van der Waals surface area contributed by atoms with Crippen molar-refractivity contribution >= 4 is 5.91 Å². The first kappa shape index (κ1) is 18.1. The maximum atomic E-state index is 11.7. The van der Waals surface area contributed by atoms with Crippen LogP contribution in [-0.2, 0) is 9.53 Å². The molecular weight excluding hydrogens is 240 g/mol. The van der Waals surface area contributed by atoms with Crippen molar-refractivity contribution in [2.45, 2.75) is 45.6 Å². The van der Waals surface area contributed by atoms with Gasteiger partial charge in [-0.15, -0.1) is 6.58 Å². The minimum atomic E-state index is -0.250. The summed E-state index contributed by atoms with van der Waals surface area (Å²) >= 11 is 0. The van der Waals surface area contributed by atoms with Gasteiger partial charge in [0.2, 0.25) is 5.91 Å². The molecule has 2 N–H and O–H groups in total. The van der Waals surface area contributed by atoms with E-state index in [-0.39, 0.29) is 11.5 Å². The number of rotatable bonds is 10. The summed E-state index contributed by atoms with van der Waals surface area (Å²) in [7, 11) is 4.15. The van der Waals surface area contributed by atoms with Crippen LogP contribution in [0.25, 0.3) is 0 Å².